The van der Waals surface area contributed by atoms with Gasteiger partial charge in [0.05, 0.1) is 12.8 Å². The van der Waals surface area contributed by atoms with Crippen LogP contribution in [-0.4, -0.2) is 27.1 Å². The summed E-state index contributed by atoms with van der Waals surface area (Å²) in [7, 11) is -2.79. The number of hydrogen-bond donors (Lipinski definition) is 1. The van der Waals surface area contributed by atoms with Crippen LogP contribution in [0.25, 0.3) is 0 Å². The van der Waals surface area contributed by atoms with Gasteiger partial charge in [0.2, 0.25) is 0 Å². The number of nitrogens with zero attached hydrogens (tertiary/aromatic N) is 1. The van der Waals surface area contributed by atoms with Gasteiger partial charge in [-0.1, -0.05) is 48.7 Å². The van der Waals surface area contributed by atoms with Crippen LogP contribution in [0.1, 0.15) is 25.3 Å². The number of rotatable bonds is 7. The van der Waals surface area contributed by atoms with Crippen LogP contribution in [0.3, 0.4) is 0 Å². The van der Waals surface area contributed by atoms with Crippen molar-refractivity contribution >= 4 is 44.8 Å². The highest BCUT2D eigenvalue weighted by Gasteiger charge is 2.29. The first-order chi connectivity index (χ1) is 14.3. The zero-order valence-electron chi connectivity index (χ0n) is 16.4. The lowest BCUT2D eigenvalue weighted by Crippen LogP contribution is -2.31. The van der Waals surface area contributed by atoms with Gasteiger partial charge >= 0.3 is 0 Å². The molecule has 0 aromatic heterocycles. The molecule has 6 nitrogen and oxygen atoms in total. The summed E-state index contributed by atoms with van der Waals surface area (Å²) in [5, 5.41) is 0.944. The highest BCUT2D eigenvalue weighted by Crippen LogP contribution is 2.31. The Bertz CT molecular complexity index is 1140. The fourth-order valence-corrected chi connectivity index (χ4v) is 4.72. The van der Waals surface area contributed by atoms with Crippen LogP contribution >= 0.6 is 23.2 Å². The molecule has 2 aromatic rings. The van der Waals surface area contributed by atoms with Crippen LogP contribution in [0.5, 0.6) is 5.75 Å². The van der Waals surface area contributed by atoms with E-state index in [0.717, 1.165) is 12.8 Å². The monoisotopic (exact) mass is 466 g/mol. The van der Waals surface area contributed by atoms with Crippen LogP contribution in [-0.2, 0) is 14.8 Å². The predicted octanol–water partition coefficient (Wildman–Crippen LogP) is 4.61. The number of benzene rings is 2. The lowest BCUT2D eigenvalue weighted by Gasteiger charge is -2.12. The number of hydrogen-bond acceptors (Lipinski definition) is 5. The smallest absolute Gasteiger partial charge is 0.283 e. The SMILES string of the molecule is CCCC1C=C(C(=O)NS(=O)(=O)c2ccccc2OC)N=C1c1cc(Cl)ccc1Cl. The normalized spacial score (nSPS) is 16.1. The van der Waals surface area contributed by atoms with E-state index in [-0.39, 0.29) is 22.3 Å². The maximum Gasteiger partial charge on any atom is 0.283 e. The van der Waals surface area contributed by atoms with E-state index in [1.165, 1.54) is 19.2 Å². The van der Waals surface area contributed by atoms with Crippen LogP contribution in [0.2, 0.25) is 10.0 Å². The van der Waals surface area contributed by atoms with Crippen molar-refractivity contribution in [3.8, 4) is 5.75 Å². The van der Waals surface area contributed by atoms with Gasteiger partial charge in [0.25, 0.3) is 15.9 Å². The predicted molar refractivity (Wildman–Crippen MR) is 118 cm³/mol. The summed E-state index contributed by atoms with van der Waals surface area (Å²) in [5.74, 6) is -0.868. The summed E-state index contributed by atoms with van der Waals surface area (Å²) < 4.78 is 32.6. The molecule has 158 valence electrons. The van der Waals surface area contributed by atoms with Gasteiger partial charge < -0.3 is 4.74 Å². The van der Waals surface area contributed by atoms with E-state index in [0.29, 0.717) is 21.3 Å². The Morgan fingerprint density at radius 3 is 2.63 bits per heavy atom. The molecule has 3 rings (SSSR count). The fourth-order valence-electron chi connectivity index (χ4n) is 3.20. The third-order valence-electron chi connectivity index (χ3n) is 4.57. The minimum atomic E-state index is -4.15. The van der Waals surface area contributed by atoms with E-state index in [9.17, 15) is 13.2 Å². The van der Waals surface area contributed by atoms with Crippen molar-refractivity contribution in [1.82, 2.24) is 4.72 Å². The summed E-state index contributed by atoms with van der Waals surface area (Å²) in [6.45, 7) is 2.01. The lowest BCUT2D eigenvalue weighted by molar-refractivity contribution is -0.115. The molecule has 1 heterocycles. The van der Waals surface area contributed by atoms with E-state index in [4.69, 9.17) is 27.9 Å². The van der Waals surface area contributed by atoms with Gasteiger partial charge in [-0.2, -0.15) is 0 Å². The molecule has 1 N–H and O–H groups in total. The summed E-state index contributed by atoms with van der Waals surface area (Å²) >= 11 is 12.4. The van der Waals surface area contributed by atoms with E-state index in [2.05, 4.69) is 9.71 Å². The number of ether oxygens (including phenoxy) is 1. The first-order valence-corrected chi connectivity index (χ1v) is 11.5. The zero-order valence-corrected chi connectivity index (χ0v) is 18.7. The third kappa shape index (κ3) is 4.69. The number of halogens is 2. The Hall–Kier alpha value is -2.35. The maximum atomic E-state index is 12.7. The number of amides is 1. The molecule has 2 aromatic carbocycles. The van der Waals surface area contributed by atoms with E-state index < -0.39 is 15.9 Å². The zero-order chi connectivity index (χ0) is 21.9. The van der Waals surface area contributed by atoms with Crippen LogP contribution in [0.15, 0.2) is 64.1 Å². The lowest BCUT2D eigenvalue weighted by atomic mass is 9.93. The van der Waals surface area contributed by atoms with Crippen molar-refractivity contribution in [3.63, 3.8) is 0 Å². The molecular weight excluding hydrogens is 447 g/mol. The Morgan fingerprint density at radius 1 is 1.20 bits per heavy atom. The molecule has 1 aliphatic heterocycles. The Balaban J connectivity index is 1.92. The standard InChI is InChI=1S/C21H20Cl2N2O4S/c1-3-6-13-11-17(24-20(13)15-12-14(22)9-10-16(15)23)21(26)25-30(27,28)19-8-5-4-7-18(19)29-2/h4-5,7-13H,3,6H2,1-2H3,(H,25,26). The number of methoxy groups -OCH3 is 1. The molecule has 1 unspecified atom stereocenters. The number of sulfonamides is 1. The number of carbonyl (C=O) groups is 1. The van der Waals surface area contributed by atoms with Gasteiger partial charge in [0, 0.05) is 21.5 Å². The average Bonchev–Trinajstić information content (AvgIpc) is 3.13. The molecule has 0 bridgehead atoms. The van der Waals surface area contributed by atoms with Crippen molar-refractivity contribution in [2.45, 2.75) is 24.7 Å². The van der Waals surface area contributed by atoms with Gasteiger partial charge in [0.1, 0.15) is 16.3 Å². The minimum absolute atomic E-state index is 0.0120. The molecule has 1 atom stereocenters. The number of carbonyl (C=O) groups excluding carboxylic acids is 1. The highest BCUT2D eigenvalue weighted by molar-refractivity contribution is 7.90. The second kappa shape index (κ2) is 9.20. The van der Waals surface area contributed by atoms with Crippen molar-refractivity contribution < 1.29 is 17.9 Å². The molecule has 0 fully saturated rings. The molecule has 9 heteroatoms. The Labute approximate surface area is 185 Å². The van der Waals surface area contributed by atoms with Gasteiger partial charge in [-0.25, -0.2) is 18.1 Å². The molecule has 1 amide bonds. The van der Waals surface area contributed by atoms with Crippen LogP contribution in [0.4, 0.5) is 0 Å². The van der Waals surface area contributed by atoms with Gasteiger partial charge in [-0.3, -0.25) is 4.79 Å². The molecule has 0 saturated heterocycles. The molecular formula is C21H20Cl2N2O4S. The second-order valence-corrected chi connectivity index (χ2v) is 9.15. The third-order valence-corrected chi connectivity index (χ3v) is 6.51. The molecule has 0 spiro atoms. The minimum Gasteiger partial charge on any atom is -0.495 e. The molecule has 30 heavy (non-hydrogen) atoms. The quantitative estimate of drug-likeness (QED) is 0.645. The van der Waals surface area contributed by atoms with Crippen molar-refractivity contribution in [2.24, 2.45) is 10.9 Å². The largest absolute Gasteiger partial charge is 0.495 e. The van der Waals surface area contributed by atoms with E-state index >= 15 is 0 Å². The number of aliphatic imine (C=N–C) groups is 1. The maximum absolute atomic E-state index is 12.7. The number of nitrogens with one attached hydrogen (secondary N) is 1. The Kier molecular flexibility index (Phi) is 6.85. The number of para-hydroxylation sites is 1. The number of allylic oxidation sites excluding steroid dienone is 1. The summed E-state index contributed by atoms with van der Waals surface area (Å²) in [5.41, 5.74) is 1.22. The van der Waals surface area contributed by atoms with E-state index in [1.807, 2.05) is 6.92 Å². The van der Waals surface area contributed by atoms with Crippen molar-refractivity contribution in [1.29, 1.82) is 0 Å². The fraction of sp³-hybridized carbons (Fsp3) is 0.238. The highest BCUT2D eigenvalue weighted by atomic mass is 35.5. The first kappa shape index (κ1) is 22.3. The topological polar surface area (TPSA) is 84.8 Å². The summed E-state index contributed by atoms with van der Waals surface area (Å²) in [6, 6.07) is 11.1. The van der Waals surface area contributed by atoms with Crippen LogP contribution in [0, 0.1) is 5.92 Å². The summed E-state index contributed by atoms with van der Waals surface area (Å²) in [4.78, 5) is 17.0. The molecule has 1 aliphatic rings. The second-order valence-electron chi connectivity index (χ2n) is 6.65. The first-order valence-electron chi connectivity index (χ1n) is 9.22. The molecule has 0 saturated carbocycles. The van der Waals surface area contributed by atoms with Gasteiger partial charge in [0.15, 0.2) is 0 Å². The van der Waals surface area contributed by atoms with E-state index in [1.54, 1.807) is 36.4 Å². The van der Waals surface area contributed by atoms with Crippen LogP contribution < -0.4 is 9.46 Å². The van der Waals surface area contributed by atoms with Gasteiger partial charge in [-0.15, -0.1) is 0 Å². The summed E-state index contributed by atoms with van der Waals surface area (Å²) in [6.07, 6.45) is 3.22. The average molecular weight is 467 g/mol. The molecule has 0 aliphatic carbocycles. The molecule has 0 radical (unpaired) electrons. The van der Waals surface area contributed by atoms with Crippen molar-refractivity contribution in [2.75, 3.05) is 7.11 Å². The van der Waals surface area contributed by atoms with Crippen molar-refractivity contribution in [3.05, 3.63) is 69.8 Å². The van der Waals surface area contributed by atoms with Gasteiger partial charge in [-0.05, 0) is 42.8 Å². The Morgan fingerprint density at radius 2 is 1.93 bits per heavy atom.